The standard InChI is InChI=1S/C24H22O2S2/c1-13-6-8-18(9-7-13)12-21-22(19-10-14(2)27-16(19)4)23(24(25)26-21)20-11-15(3)28-17(20)5/h6-12H,1-5H3. The number of carbonyl (C=O) groups excluding carboxylic acids is 1. The number of allylic oxidation sites excluding steroid dienone is 1. The van der Waals surface area contributed by atoms with Crippen LogP contribution in [0.1, 0.15) is 41.8 Å². The maximum atomic E-state index is 13.0. The summed E-state index contributed by atoms with van der Waals surface area (Å²) in [5.74, 6) is 0.366. The second-order valence-corrected chi connectivity index (χ2v) is 10.1. The van der Waals surface area contributed by atoms with Crippen molar-refractivity contribution in [1.82, 2.24) is 0 Å². The van der Waals surface area contributed by atoms with Gasteiger partial charge in [0.25, 0.3) is 0 Å². The first-order chi connectivity index (χ1) is 13.3. The lowest BCUT2D eigenvalue weighted by Gasteiger charge is -2.06. The Morgan fingerprint density at radius 1 is 0.786 bits per heavy atom. The number of cyclic esters (lactones) is 1. The molecular formula is C24H22O2S2. The van der Waals surface area contributed by atoms with Crippen molar-refractivity contribution >= 4 is 45.9 Å². The second kappa shape index (κ2) is 7.19. The molecule has 3 aromatic rings. The molecule has 0 saturated heterocycles. The smallest absolute Gasteiger partial charge is 0.344 e. The zero-order valence-electron chi connectivity index (χ0n) is 16.7. The van der Waals surface area contributed by atoms with Crippen LogP contribution >= 0.6 is 22.7 Å². The van der Waals surface area contributed by atoms with E-state index < -0.39 is 0 Å². The molecule has 4 rings (SSSR count). The van der Waals surface area contributed by atoms with Crippen LogP contribution in [0.2, 0.25) is 0 Å². The number of thiophene rings is 2. The van der Waals surface area contributed by atoms with Gasteiger partial charge in [0.15, 0.2) is 0 Å². The van der Waals surface area contributed by atoms with Crippen LogP contribution in [0.15, 0.2) is 42.2 Å². The van der Waals surface area contributed by atoms with Gasteiger partial charge >= 0.3 is 5.97 Å². The fourth-order valence-electron chi connectivity index (χ4n) is 3.61. The molecule has 2 aromatic heterocycles. The van der Waals surface area contributed by atoms with Crippen LogP contribution in [0, 0.1) is 34.6 Å². The lowest BCUT2D eigenvalue weighted by molar-refractivity contribution is -0.131. The first-order valence-corrected chi connectivity index (χ1v) is 10.9. The molecule has 1 aliphatic heterocycles. The second-order valence-electron chi connectivity index (χ2n) is 7.21. The van der Waals surface area contributed by atoms with Gasteiger partial charge in [-0.25, -0.2) is 4.79 Å². The van der Waals surface area contributed by atoms with Crippen LogP contribution in [-0.4, -0.2) is 5.97 Å². The SMILES string of the molecule is Cc1ccc(C=C2OC(=O)C(c3cc(C)sc3C)=C2c2cc(C)sc2C)cc1. The van der Waals surface area contributed by atoms with E-state index in [2.05, 4.69) is 71.0 Å². The summed E-state index contributed by atoms with van der Waals surface area (Å²) in [7, 11) is 0. The van der Waals surface area contributed by atoms with Crippen LogP contribution in [-0.2, 0) is 9.53 Å². The van der Waals surface area contributed by atoms with Crippen molar-refractivity contribution in [3.63, 3.8) is 0 Å². The summed E-state index contributed by atoms with van der Waals surface area (Å²) < 4.78 is 5.82. The molecule has 0 atom stereocenters. The van der Waals surface area contributed by atoms with Gasteiger partial charge in [0.1, 0.15) is 5.76 Å². The number of esters is 1. The fourth-order valence-corrected chi connectivity index (χ4v) is 5.47. The number of aryl methyl sites for hydroxylation is 5. The van der Waals surface area contributed by atoms with Crippen LogP contribution in [0.3, 0.4) is 0 Å². The zero-order chi connectivity index (χ0) is 20.0. The molecule has 0 radical (unpaired) electrons. The molecule has 0 bridgehead atoms. The predicted octanol–water partition coefficient (Wildman–Crippen LogP) is 6.86. The molecule has 1 aliphatic rings. The summed E-state index contributed by atoms with van der Waals surface area (Å²) in [6, 6.07) is 12.5. The van der Waals surface area contributed by atoms with Crippen molar-refractivity contribution in [2.24, 2.45) is 0 Å². The summed E-state index contributed by atoms with van der Waals surface area (Å²) in [5, 5.41) is 0. The fraction of sp³-hybridized carbons (Fsp3) is 0.208. The Morgan fingerprint density at radius 3 is 1.82 bits per heavy atom. The van der Waals surface area contributed by atoms with Gasteiger partial charge < -0.3 is 4.74 Å². The van der Waals surface area contributed by atoms with E-state index in [4.69, 9.17) is 4.74 Å². The minimum atomic E-state index is -0.266. The van der Waals surface area contributed by atoms with Gasteiger partial charge in [0.05, 0.1) is 5.57 Å². The average Bonchev–Trinajstić information content (AvgIpc) is 3.24. The highest BCUT2D eigenvalue weighted by Crippen LogP contribution is 2.45. The number of hydrogen-bond acceptors (Lipinski definition) is 4. The van der Waals surface area contributed by atoms with Gasteiger partial charge in [-0.1, -0.05) is 29.8 Å². The Morgan fingerprint density at radius 2 is 1.32 bits per heavy atom. The van der Waals surface area contributed by atoms with Crippen molar-refractivity contribution < 1.29 is 9.53 Å². The Balaban J connectivity index is 1.97. The quantitative estimate of drug-likeness (QED) is 0.444. The van der Waals surface area contributed by atoms with Crippen LogP contribution < -0.4 is 0 Å². The predicted molar refractivity (Wildman–Crippen MR) is 120 cm³/mol. The number of hydrogen-bond donors (Lipinski definition) is 0. The normalized spacial score (nSPS) is 15.6. The van der Waals surface area contributed by atoms with Gasteiger partial charge in [0, 0.05) is 36.2 Å². The summed E-state index contributed by atoms with van der Waals surface area (Å²) in [4.78, 5) is 17.7. The van der Waals surface area contributed by atoms with Crippen molar-refractivity contribution in [3.8, 4) is 0 Å². The average molecular weight is 407 g/mol. The number of rotatable bonds is 3. The lowest BCUT2D eigenvalue weighted by atomic mass is 9.94. The Bertz CT molecular complexity index is 1140. The molecule has 3 heterocycles. The highest BCUT2D eigenvalue weighted by molar-refractivity contribution is 7.12. The minimum Gasteiger partial charge on any atom is -0.422 e. The highest BCUT2D eigenvalue weighted by atomic mass is 32.1. The van der Waals surface area contributed by atoms with Crippen molar-refractivity contribution in [2.45, 2.75) is 34.6 Å². The lowest BCUT2D eigenvalue weighted by Crippen LogP contribution is -1.98. The summed E-state index contributed by atoms with van der Waals surface area (Å²) >= 11 is 3.46. The molecule has 0 unspecified atom stereocenters. The van der Waals surface area contributed by atoms with Crippen molar-refractivity contribution in [3.05, 3.63) is 83.9 Å². The molecule has 2 nitrogen and oxygen atoms in total. The number of ether oxygens (including phenoxy) is 1. The van der Waals surface area contributed by atoms with Gasteiger partial charge in [-0.05, 0) is 58.4 Å². The molecule has 0 fully saturated rings. The van der Waals surface area contributed by atoms with Gasteiger partial charge in [-0.15, -0.1) is 22.7 Å². The first-order valence-electron chi connectivity index (χ1n) is 9.23. The van der Waals surface area contributed by atoms with E-state index in [1.165, 1.54) is 20.2 Å². The molecule has 0 spiro atoms. The largest absolute Gasteiger partial charge is 0.422 e. The maximum absolute atomic E-state index is 13.0. The Hall–Kier alpha value is -2.43. The van der Waals surface area contributed by atoms with E-state index in [1.807, 2.05) is 6.08 Å². The van der Waals surface area contributed by atoms with Crippen molar-refractivity contribution in [2.75, 3.05) is 0 Å². The summed E-state index contributed by atoms with van der Waals surface area (Å²) in [6.07, 6.45) is 1.97. The maximum Gasteiger partial charge on any atom is 0.344 e. The monoisotopic (exact) mass is 406 g/mol. The number of benzene rings is 1. The van der Waals surface area contributed by atoms with E-state index in [0.717, 1.165) is 27.1 Å². The molecule has 28 heavy (non-hydrogen) atoms. The topological polar surface area (TPSA) is 26.3 Å². The van der Waals surface area contributed by atoms with Gasteiger partial charge in [-0.3, -0.25) is 0 Å². The molecule has 4 heteroatoms. The van der Waals surface area contributed by atoms with Crippen LogP contribution in [0.4, 0.5) is 0 Å². The van der Waals surface area contributed by atoms with E-state index >= 15 is 0 Å². The van der Waals surface area contributed by atoms with Gasteiger partial charge in [0.2, 0.25) is 0 Å². The third-order valence-corrected chi connectivity index (χ3v) is 6.83. The highest BCUT2D eigenvalue weighted by Gasteiger charge is 2.34. The molecule has 0 saturated carbocycles. The first kappa shape index (κ1) is 18.9. The minimum absolute atomic E-state index is 0.266. The molecule has 142 valence electrons. The number of carbonyl (C=O) groups is 1. The van der Waals surface area contributed by atoms with E-state index in [9.17, 15) is 4.79 Å². The van der Waals surface area contributed by atoms with E-state index in [0.29, 0.717) is 11.3 Å². The van der Waals surface area contributed by atoms with E-state index in [-0.39, 0.29) is 5.97 Å². The Kier molecular flexibility index (Phi) is 4.86. The zero-order valence-corrected chi connectivity index (χ0v) is 18.3. The third kappa shape index (κ3) is 3.38. The summed E-state index contributed by atoms with van der Waals surface area (Å²) in [6.45, 7) is 10.4. The molecule has 0 aliphatic carbocycles. The Labute approximate surface area is 173 Å². The molecule has 0 N–H and O–H groups in total. The van der Waals surface area contributed by atoms with Crippen LogP contribution in [0.25, 0.3) is 17.2 Å². The van der Waals surface area contributed by atoms with Gasteiger partial charge in [-0.2, -0.15) is 0 Å². The third-order valence-electron chi connectivity index (χ3n) is 4.90. The summed E-state index contributed by atoms with van der Waals surface area (Å²) in [5.41, 5.74) is 5.89. The molecule has 1 aromatic carbocycles. The van der Waals surface area contributed by atoms with E-state index in [1.54, 1.807) is 22.7 Å². The van der Waals surface area contributed by atoms with Crippen molar-refractivity contribution in [1.29, 1.82) is 0 Å². The molecular weight excluding hydrogens is 384 g/mol. The molecule has 0 amide bonds. The van der Waals surface area contributed by atoms with Crippen LogP contribution in [0.5, 0.6) is 0 Å².